The van der Waals surface area contributed by atoms with Crippen LogP contribution < -0.4 is 10.6 Å². The zero-order chi connectivity index (χ0) is 10.3. The molecule has 4 nitrogen and oxygen atoms in total. The second-order valence-electron chi connectivity index (χ2n) is 4.95. The maximum atomic E-state index is 11.6. The van der Waals surface area contributed by atoms with Crippen molar-refractivity contribution in [2.24, 2.45) is 5.92 Å². The highest BCUT2D eigenvalue weighted by Crippen LogP contribution is 2.43. The van der Waals surface area contributed by atoms with Gasteiger partial charge >= 0.3 is 0 Å². The molecule has 1 amide bonds. The molecule has 4 heteroatoms. The third kappa shape index (κ3) is 1.66. The van der Waals surface area contributed by atoms with Crippen molar-refractivity contribution in [3.05, 3.63) is 0 Å². The molecule has 1 unspecified atom stereocenters. The van der Waals surface area contributed by atoms with Crippen LogP contribution in [0.15, 0.2) is 0 Å². The summed E-state index contributed by atoms with van der Waals surface area (Å²) < 4.78 is 6.00. The van der Waals surface area contributed by atoms with E-state index in [2.05, 4.69) is 10.6 Å². The maximum Gasteiger partial charge on any atom is 0.252 e. The van der Waals surface area contributed by atoms with Crippen molar-refractivity contribution in [1.29, 1.82) is 0 Å². The number of hydrogen-bond acceptors (Lipinski definition) is 3. The van der Waals surface area contributed by atoms with Crippen LogP contribution in [0, 0.1) is 5.92 Å². The van der Waals surface area contributed by atoms with Crippen LogP contribution >= 0.6 is 0 Å². The number of carbonyl (C=O) groups is 1. The van der Waals surface area contributed by atoms with Crippen molar-refractivity contribution in [1.82, 2.24) is 10.6 Å². The van der Waals surface area contributed by atoms with Crippen LogP contribution in [0.5, 0.6) is 0 Å². The number of nitrogens with one attached hydrogen (secondary N) is 2. The van der Waals surface area contributed by atoms with E-state index >= 15 is 0 Å². The van der Waals surface area contributed by atoms with Crippen molar-refractivity contribution in [2.45, 2.75) is 37.4 Å². The van der Waals surface area contributed by atoms with Gasteiger partial charge < -0.3 is 15.4 Å². The summed E-state index contributed by atoms with van der Waals surface area (Å²) in [6, 6.07) is 0. The van der Waals surface area contributed by atoms with Crippen molar-refractivity contribution in [2.75, 3.05) is 19.6 Å². The molecule has 1 aliphatic carbocycles. The van der Waals surface area contributed by atoms with Gasteiger partial charge in [-0.15, -0.1) is 0 Å². The van der Waals surface area contributed by atoms with E-state index in [9.17, 15) is 4.79 Å². The first kappa shape index (κ1) is 9.60. The van der Waals surface area contributed by atoms with Crippen LogP contribution in [0.25, 0.3) is 0 Å². The number of rotatable bonds is 1. The average Bonchev–Trinajstić information content (AvgIpc) is 3.05. The van der Waals surface area contributed by atoms with E-state index in [0.29, 0.717) is 12.5 Å². The van der Waals surface area contributed by atoms with Gasteiger partial charge in [-0.3, -0.25) is 4.79 Å². The monoisotopic (exact) mass is 210 g/mol. The first-order valence-corrected chi connectivity index (χ1v) is 5.97. The lowest BCUT2D eigenvalue weighted by Gasteiger charge is -2.37. The molecule has 3 aliphatic rings. The van der Waals surface area contributed by atoms with Gasteiger partial charge in [0.25, 0.3) is 5.91 Å². The normalized spacial score (nSPS) is 35.2. The molecule has 0 aromatic rings. The first-order valence-electron chi connectivity index (χ1n) is 5.97. The summed E-state index contributed by atoms with van der Waals surface area (Å²) in [5.41, 5.74) is -0.409. The van der Waals surface area contributed by atoms with Crippen LogP contribution in [0.4, 0.5) is 0 Å². The Balaban J connectivity index is 1.65. The van der Waals surface area contributed by atoms with E-state index in [4.69, 9.17) is 4.74 Å². The number of hydrogen-bond donors (Lipinski definition) is 2. The lowest BCUT2D eigenvalue weighted by molar-refractivity contribution is -0.154. The van der Waals surface area contributed by atoms with Gasteiger partial charge in [0.15, 0.2) is 0 Å². The summed E-state index contributed by atoms with van der Waals surface area (Å²) in [6.07, 6.45) is 4.45. The van der Waals surface area contributed by atoms with Crippen LogP contribution in [0.3, 0.4) is 0 Å². The topological polar surface area (TPSA) is 50.4 Å². The molecule has 3 fully saturated rings. The van der Waals surface area contributed by atoms with Crippen molar-refractivity contribution in [3.8, 4) is 0 Å². The molecule has 1 spiro atoms. The van der Waals surface area contributed by atoms with E-state index in [1.807, 2.05) is 0 Å². The standard InChI is InChI=1S/C11H18N2O2/c14-10-11(3-4-11)15-9(7-13-10)8-1-5-12-6-2-8/h8-9,12H,1-7H2,(H,13,14). The Kier molecular flexibility index (Phi) is 2.21. The molecule has 2 heterocycles. The van der Waals surface area contributed by atoms with Crippen LogP contribution in [-0.2, 0) is 9.53 Å². The molecule has 84 valence electrons. The molecule has 1 saturated carbocycles. The summed E-state index contributed by atoms with van der Waals surface area (Å²) in [4.78, 5) is 11.6. The zero-order valence-electron chi connectivity index (χ0n) is 8.92. The summed E-state index contributed by atoms with van der Waals surface area (Å²) in [7, 11) is 0. The molecular weight excluding hydrogens is 192 g/mol. The Morgan fingerprint density at radius 2 is 2.00 bits per heavy atom. The predicted molar refractivity (Wildman–Crippen MR) is 55.4 cm³/mol. The minimum Gasteiger partial charge on any atom is -0.360 e. The van der Waals surface area contributed by atoms with Crippen LogP contribution in [0.1, 0.15) is 25.7 Å². The molecular formula is C11H18N2O2. The van der Waals surface area contributed by atoms with Gasteiger partial charge in [0.05, 0.1) is 6.10 Å². The Morgan fingerprint density at radius 3 is 2.67 bits per heavy atom. The van der Waals surface area contributed by atoms with Gasteiger partial charge in [0.2, 0.25) is 0 Å². The lowest BCUT2D eigenvalue weighted by atomic mass is 9.91. The fourth-order valence-corrected chi connectivity index (χ4v) is 2.68. The van der Waals surface area contributed by atoms with Gasteiger partial charge in [-0.1, -0.05) is 0 Å². The number of morpholine rings is 1. The number of carbonyl (C=O) groups excluding carboxylic acids is 1. The quantitative estimate of drug-likeness (QED) is 0.642. The summed E-state index contributed by atoms with van der Waals surface area (Å²) in [6.45, 7) is 2.89. The molecule has 2 aliphatic heterocycles. The van der Waals surface area contributed by atoms with Crippen LogP contribution in [-0.4, -0.2) is 37.2 Å². The van der Waals surface area contributed by atoms with E-state index in [0.717, 1.165) is 25.9 Å². The van der Waals surface area contributed by atoms with Crippen LogP contribution in [0.2, 0.25) is 0 Å². The maximum absolute atomic E-state index is 11.6. The van der Waals surface area contributed by atoms with E-state index in [-0.39, 0.29) is 12.0 Å². The van der Waals surface area contributed by atoms with Gasteiger partial charge in [0.1, 0.15) is 5.60 Å². The van der Waals surface area contributed by atoms with E-state index in [1.165, 1.54) is 12.8 Å². The Bertz CT molecular complexity index is 270. The van der Waals surface area contributed by atoms with Crippen molar-refractivity contribution < 1.29 is 9.53 Å². The SMILES string of the molecule is O=C1NCC(C2CCNCC2)OC12CC2. The molecule has 0 aromatic carbocycles. The molecule has 0 radical (unpaired) electrons. The summed E-state index contributed by atoms with van der Waals surface area (Å²) in [5, 5.41) is 6.35. The van der Waals surface area contributed by atoms with Gasteiger partial charge in [0, 0.05) is 6.54 Å². The van der Waals surface area contributed by atoms with E-state index < -0.39 is 5.60 Å². The van der Waals surface area contributed by atoms with Gasteiger partial charge in [-0.05, 0) is 44.7 Å². The van der Waals surface area contributed by atoms with Crippen molar-refractivity contribution in [3.63, 3.8) is 0 Å². The Hall–Kier alpha value is -0.610. The zero-order valence-corrected chi connectivity index (χ0v) is 8.92. The molecule has 3 rings (SSSR count). The van der Waals surface area contributed by atoms with Gasteiger partial charge in [-0.2, -0.15) is 0 Å². The molecule has 0 aromatic heterocycles. The fourth-order valence-electron chi connectivity index (χ4n) is 2.68. The van der Waals surface area contributed by atoms with E-state index in [1.54, 1.807) is 0 Å². The number of amides is 1. The molecule has 2 saturated heterocycles. The Labute approximate surface area is 89.7 Å². The third-order valence-corrected chi connectivity index (χ3v) is 3.87. The Morgan fingerprint density at radius 1 is 1.27 bits per heavy atom. The highest BCUT2D eigenvalue weighted by atomic mass is 16.5. The third-order valence-electron chi connectivity index (χ3n) is 3.87. The van der Waals surface area contributed by atoms with Gasteiger partial charge in [-0.25, -0.2) is 0 Å². The summed E-state index contributed by atoms with van der Waals surface area (Å²) in [5.74, 6) is 0.747. The second-order valence-corrected chi connectivity index (χ2v) is 4.95. The molecule has 0 bridgehead atoms. The average molecular weight is 210 g/mol. The fraction of sp³-hybridized carbons (Fsp3) is 0.909. The molecule has 15 heavy (non-hydrogen) atoms. The number of ether oxygens (including phenoxy) is 1. The summed E-state index contributed by atoms with van der Waals surface area (Å²) >= 11 is 0. The number of piperidine rings is 1. The van der Waals surface area contributed by atoms with Crippen molar-refractivity contribution >= 4 is 5.91 Å². The lowest BCUT2D eigenvalue weighted by Crippen LogP contribution is -2.54. The highest BCUT2D eigenvalue weighted by Gasteiger charge is 2.55. The second kappa shape index (κ2) is 3.46. The predicted octanol–water partition coefficient (Wildman–Crippen LogP) is 0.0336. The molecule has 1 atom stereocenters. The minimum atomic E-state index is -0.409. The first-order chi connectivity index (χ1) is 7.30. The largest absolute Gasteiger partial charge is 0.360 e. The smallest absolute Gasteiger partial charge is 0.252 e. The minimum absolute atomic E-state index is 0.118. The highest BCUT2D eigenvalue weighted by molar-refractivity contribution is 5.88. The molecule has 2 N–H and O–H groups in total.